The first-order chi connectivity index (χ1) is 9.16. The quantitative estimate of drug-likeness (QED) is 0.655. The molecule has 0 saturated heterocycles. The van der Waals surface area contributed by atoms with Crippen LogP contribution in [0.5, 0.6) is 0 Å². The van der Waals surface area contributed by atoms with E-state index in [2.05, 4.69) is 0 Å². The molecule has 0 aliphatic carbocycles. The summed E-state index contributed by atoms with van der Waals surface area (Å²) < 4.78 is 21.5. The topological polar surface area (TPSA) is 55.8 Å². The van der Waals surface area contributed by atoms with Crippen LogP contribution in [-0.4, -0.2) is 23.8 Å². The van der Waals surface area contributed by atoms with Crippen molar-refractivity contribution >= 4 is 26.7 Å². The van der Waals surface area contributed by atoms with Gasteiger partial charge in [0, 0.05) is 0 Å². The van der Waals surface area contributed by atoms with Gasteiger partial charge in [-0.2, -0.15) is 0 Å². The summed E-state index contributed by atoms with van der Waals surface area (Å²) in [6, 6.07) is 18.4. The average Bonchev–Trinajstić information content (AvgIpc) is 2.46. The second kappa shape index (κ2) is 8.44. The Hall–Kier alpha value is -0.853. The fourth-order valence-electron chi connectivity index (χ4n) is 1.50. The van der Waals surface area contributed by atoms with Gasteiger partial charge in [0.1, 0.15) is 0 Å². The Balaban J connectivity index is 0.00000200. The Bertz CT molecular complexity index is 500. The Kier molecular flexibility index (Phi) is 7.26. The number of benzene rings is 2. The Morgan fingerprint density at radius 1 is 0.800 bits per heavy atom. The molecule has 0 fully saturated rings. The minimum absolute atomic E-state index is 0. The van der Waals surface area contributed by atoms with Gasteiger partial charge in [-0.25, -0.2) is 4.57 Å². The maximum atomic E-state index is 11.7. The molecule has 0 aromatic heterocycles. The fourth-order valence-corrected chi connectivity index (χ4v) is 2.20. The molecule has 0 aliphatic heterocycles. The number of hydrogen-bond acceptors (Lipinski definition) is 3. The molecule has 0 atom stereocenters. The van der Waals surface area contributed by atoms with Crippen LogP contribution in [0.3, 0.4) is 0 Å². The molecule has 0 heterocycles. The molecule has 2 aromatic rings. The molecule has 0 radical (unpaired) electrons. The number of hydrogen-bond donors (Lipinski definition) is 1. The minimum atomic E-state index is -4.02. The van der Waals surface area contributed by atoms with E-state index in [0.29, 0.717) is 0 Å². The first kappa shape index (κ1) is 17.2. The maximum absolute atomic E-state index is 11.7. The van der Waals surface area contributed by atoms with Crippen LogP contribution in [-0.2, 0) is 26.8 Å². The fraction of sp³-hybridized carbons (Fsp3) is 0.143. The van der Waals surface area contributed by atoms with Gasteiger partial charge in [0.15, 0.2) is 0 Å². The van der Waals surface area contributed by atoms with Crippen molar-refractivity contribution in [3.05, 3.63) is 71.8 Å². The van der Waals surface area contributed by atoms with Gasteiger partial charge in [-0.1, -0.05) is 60.7 Å². The molecule has 4 nitrogen and oxygen atoms in total. The molecular formula is C14H16LiO4P. The van der Waals surface area contributed by atoms with E-state index < -0.39 is 7.82 Å². The van der Waals surface area contributed by atoms with Crippen molar-refractivity contribution in [3.63, 3.8) is 0 Å². The molecule has 0 aliphatic rings. The molecule has 2 rings (SSSR count). The van der Waals surface area contributed by atoms with Crippen molar-refractivity contribution in [2.75, 3.05) is 0 Å². The third kappa shape index (κ3) is 6.07. The van der Waals surface area contributed by atoms with Crippen LogP contribution in [0.2, 0.25) is 0 Å². The normalized spacial score (nSPS) is 10.8. The summed E-state index contributed by atoms with van der Waals surface area (Å²) >= 11 is 0. The van der Waals surface area contributed by atoms with Crippen LogP contribution >= 0.6 is 7.82 Å². The van der Waals surface area contributed by atoms with Gasteiger partial charge < -0.3 is 4.89 Å². The van der Waals surface area contributed by atoms with Crippen molar-refractivity contribution in [2.45, 2.75) is 13.2 Å². The monoisotopic (exact) mass is 286 g/mol. The summed E-state index contributed by atoms with van der Waals surface area (Å²) in [7, 11) is -4.02. The first-order valence-electron chi connectivity index (χ1n) is 5.85. The molecule has 0 amide bonds. The molecule has 0 bridgehead atoms. The molecule has 1 N–H and O–H groups in total. The van der Waals surface area contributed by atoms with Crippen LogP contribution in [0.25, 0.3) is 0 Å². The molecule has 102 valence electrons. The molecule has 0 saturated carbocycles. The summed E-state index contributed by atoms with van der Waals surface area (Å²) in [5, 5.41) is 0. The predicted molar refractivity (Wildman–Crippen MR) is 79.4 cm³/mol. The molecule has 2 aromatic carbocycles. The Labute approximate surface area is 130 Å². The van der Waals surface area contributed by atoms with Crippen LogP contribution in [0, 0.1) is 0 Å². The first-order valence-corrected chi connectivity index (χ1v) is 7.35. The van der Waals surface area contributed by atoms with E-state index >= 15 is 0 Å². The van der Waals surface area contributed by atoms with E-state index in [4.69, 9.17) is 9.05 Å². The molecule has 20 heavy (non-hydrogen) atoms. The Morgan fingerprint density at radius 2 is 1.15 bits per heavy atom. The van der Waals surface area contributed by atoms with E-state index in [1.54, 1.807) is 0 Å². The zero-order valence-electron chi connectivity index (χ0n) is 10.3. The van der Waals surface area contributed by atoms with Crippen LogP contribution < -0.4 is 0 Å². The van der Waals surface area contributed by atoms with Gasteiger partial charge in [0.2, 0.25) is 0 Å². The molecular weight excluding hydrogens is 270 g/mol. The van der Waals surface area contributed by atoms with E-state index in [9.17, 15) is 9.46 Å². The average molecular weight is 286 g/mol. The number of phosphoric ester groups is 1. The number of phosphoric acid groups is 1. The second-order valence-electron chi connectivity index (χ2n) is 3.99. The third-order valence-electron chi connectivity index (χ3n) is 2.47. The second-order valence-corrected chi connectivity index (χ2v) is 5.44. The third-order valence-corrected chi connectivity index (χ3v) is 3.39. The predicted octanol–water partition coefficient (Wildman–Crippen LogP) is 2.87. The van der Waals surface area contributed by atoms with E-state index in [1.165, 1.54) is 0 Å². The summed E-state index contributed by atoms with van der Waals surface area (Å²) in [6.45, 7) is 0.0901. The SMILES string of the molecule is O=P(O)(OCc1ccccc1)OCc1ccccc1.[LiH]. The van der Waals surface area contributed by atoms with Gasteiger partial charge >= 0.3 is 26.7 Å². The molecule has 0 unspecified atom stereocenters. The zero-order valence-corrected chi connectivity index (χ0v) is 11.2. The standard InChI is InChI=1S/C14H15O4P.Li.H/c15-19(16,17-11-13-7-3-1-4-8-13)18-12-14-9-5-2-6-10-14;;/h1-10H,11-12H2,(H,15,16);;. The van der Waals surface area contributed by atoms with Crippen molar-refractivity contribution in [1.29, 1.82) is 0 Å². The van der Waals surface area contributed by atoms with E-state index in [0.717, 1.165) is 11.1 Å². The van der Waals surface area contributed by atoms with Crippen LogP contribution in [0.1, 0.15) is 11.1 Å². The van der Waals surface area contributed by atoms with Crippen LogP contribution in [0.4, 0.5) is 0 Å². The van der Waals surface area contributed by atoms with Crippen molar-refractivity contribution in [1.82, 2.24) is 0 Å². The molecule has 0 spiro atoms. The summed E-state index contributed by atoms with van der Waals surface area (Å²) in [6.07, 6.45) is 0. The number of rotatable bonds is 6. The van der Waals surface area contributed by atoms with Gasteiger partial charge in [-0.3, -0.25) is 9.05 Å². The van der Waals surface area contributed by atoms with Gasteiger partial charge in [0.05, 0.1) is 13.2 Å². The Morgan fingerprint density at radius 3 is 1.50 bits per heavy atom. The van der Waals surface area contributed by atoms with Crippen molar-refractivity contribution in [3.8, 4) is 0 Å². The van der Waals surface area contributed by atoms with Gasteiger partial charge in [0.25, 0.3) is 0 Å². The summed E-state index contributed by atoms with van der Waals surface area (Å²) in [5.41, 5.74) is 1.64. The van der Waals surface area contributed by atoms with Crippen molar-refractivity contribution < 1.29 is 18.5 Å². The van der Waals surface area contributed by atoms with Crippen LogP contribution in [0.15, 0.2) is 60.7 Å². The van der Waals surface area contributed by atoms with Crippen molar-refractivity contribution in [2.24, 2.45) is 0 Å². The van der Waals surface area contributed by atoms with E-state index in [-0.39, 0.29) is 32.1 Å². The van der Waals surface area contributed by atoms with Gasteiger partial charge in [-0.15, -0.1) is 0 Å². The van der Waals surface area contributed by atoms with Gasteiger partial charge in [-0.05, 0) is 11.1 Å². The zero-order chi connectivity index (χ0) is 13.6. The molecule has 6 heteroatoms. The summed E-state index contributed by atoms with van der Waals surface area (Å²) in [5.74, 6) is 0. The summed E-state index contributed by atoms with van der Waals surface area (Å²) in [4.78, 5) is 9.55. The van der Waals surface area contributed by atoms with E-state index in [1.807, 2.05) is 60.7 Å².